The standard InChI is InChI=1S/C10H17F2NO5S/c1-18-9(15)7-3-2-4-8(7)19(16,17)13-5-10(11,12)6-14/h7-8,13-14H,2-6H2,1H3. The summed E-state index contributed by atoms with van der Waals surface area (Å²) >= 11 is 0. The van der Waals surface area contributed by atoms with Crippen molar-refractivity contribution < 1.29 is 31.8 Å². The summed E-state index contributed by atoms with van der Waals surface area (Å²) in [6.07, 6.45) is 1.09. The van der Waals surface area contributed by atoms with Gasteiger partial charge in [0.2, 0.25) is 10.0 Å². The molecule has 1 fully saturated rings. The number of rotatable bonds is 6. The number of hydrogen-bond donors (Lipinski definition) is 2. The van der Waals surface area contributed by atoms with E-state index in [1.165, 1.54) is 0 Å². The van der Waals surface area contributed by atoms with Crippen LogP contribution in [0.1, 0.15) is 19.3 Å². The second-order valence-corrected chi connectivity index (χ2v) is 6.46. The molecule has 0 bridgehead atoms. The summed E-state index contributed by atoms with van der Waals surface area (Å²) < 4.78 is 55.7. The number of alkyl halides is 2. The number of nitrogens with one attached hydrogen (secondary N) is 1. The highest BCUT2D eigenvalue weighted by atomic mass is 32.2. The number of ether oxygens (including phenoxy) is 1. The van der Waals surface area contributed by atoms with Gasteiger partial charge in [-0.25, -0.2) is 21.9 Å². The summed E-state index contributed by atoms with van der Waals surface area (Å²) in [7, 11) is -2.90. The molecule has 9 heteroatoms. The number of aliphatic hydroxyl groups excluding tert-OH is 1. The Balaban J connectivity index is 2.74. The van der Waals surface area contributed by atoms with Crippen LogP contribution in [0.15, 0.2) is 0 Å². The quantitative estimate of drug-likeness (QED) is 0.667. The van der Waals surface area contributed by atoms with Crippen LogP contribution in [0.5, 0.6) is 0 Å². The maximum atomic E-state index is 12.8. The van der Waals surface area contributed by atoms with E-state index in [1.807, 2.05) is 0 Å². The fraction of sp³-hybridized carbons (Fsp3) is 0.900. The van der Waals surface area contributed by atoms with Gasteiger partial charge in [-0.1, -0.05) is 6.42 Å². The number of halogens is 2. The molecule has 0 saturated heterocycles. The first kappa shape index (κ1) is 16.3. The van der Waals surface area contributed by atoms with E-state index in [4.69, 9.17) is 5.11 Å². The van der Waals surface area contributed by atoms with Gasteiger partial charge in [0.1, 0.15) is 6.61 Å². The van der Waals surface area contributed by atoms with Crippen LogP contribution in [0, 0.1) is 5.92 Å². The molecule has 2 N–H and O–H groups in total. The number of esters is 1. The molecule has 0 aromatic carbocycles. The van der Waals surface area contributed by atoms with Crippen LogP contribution in [-0.4, -0.2) is 50.9 Å². The lowest BCUT2D eigenvalue weighted by Gasteiger charge is -2.20. The Morgan fingerprint density at radius 2 is 2.11 bits per heavy atom. The monoisotopic (exact) mass is 301 g/mol. The van der Waals surface area contributed by atoms with Crippen LogP contribution >= 0.6 is 0 Å². The Labute approximate surface area is 110 Å². The lowest BCUT2D eigenvalue weighted by atomic mass is 10.1. The van der Waals surface area contributed by atoms with Gasteiger partial charge in [0, 0.05) is 0 Å². The number of aliphatic hydroxyl groups is 1. The van der Waals surface area contributed by atoms with Crippen LogP contribution in [-0.2, 0) is 19.6 Å². The number of sulfonamides is 1. The summed E-state index contributed by atoms with van der Waals surface area (Å²) in [6, 6.07) is 0. The summed E-state index contributed by atoms with van der Waals surface area (Å²) in [5.41, 5.74) is 0. The van der Waals surface area contributed by atoms with Crippen molar-refractivity contribution in [2.24, 2.45) is 5.92 Å². The minimum Gasteiger partial charge on any atom is -0.469 e. The van der Waals surface area contributed by atoms with Gasteiger partial charge in [-0.2, -0.15) is 0 Å². The summed E-state index contributed by atoms with van der Waals surface area (Å²) in [5.74, 6) is -5.00. The van der Waals surface area contributed by atoms with Crippen molar-refractivity contribution in [2.45, 2.75) is 30.4 Å². The zero-order chi connectivity index (χ0) is 14.7. The van der Waals surface area contributed by atoms with Crippen molar-refractivity contribution in [1.82, 2.24) is 4.72 Å². The Morgan fingerprint density at radius 1 is 1.47 bits per heavy atom. The van der Waals surface area contributed by atoms with E-state index < -0.39 is 46.2 Å². The number of hydrogen-bond acceptors (Lipinski definition) is 5. The molecule has 0 aromatic rings. The van der Waals surface area contributed by atoms with E-state index in [-0.39, 0.29) is 6.42 Å². The Bertz CT molecular complexity index is 426. The van der Waals surface area contributed by atoms with Gasteiger partial charge >= 0.3 is 5.97 Å². The van der Waals surface area contributed by atoms with Gasteiger partial charge in [-0.3, -0.25) is 4.79 Å². The van der Waals surface area contributed by atoms with Crippen molar-refractivity contribution in [3.63, 3.8) is 0 Å². The zero-order valence-electron chi connectivity index (χ0n) is 10.4. The Hall–Kier alpha value is -0.800. The van der Waals surface area contributed by atoms with Crippen LogP contribution < -0.4 is 4.72 Å². The molecule has 1 saturated carbocycles. The minimum atomic E-state index is -4.05. The average Bonchev–Trinajstić information content (AvgIpc) is 2.86. The molecule has 1 aliphatic rings. The maximum absolute atomic E-state index is 12.8. The van der Waals surface area contributed by atoms with Crippen molar-refractivity contribution >= 4 is 16.0 Å². The predicted molar refractivity (Wildman–Crippen MR) is 62.1 cm³/mol. The highest BCUT2D eigenvalue weighted by molar-refractivity contribution is 7.90. The molecule has 0 aromatic heterocycles. The Kier molecular flexibility index (Phi) is 5.22. The molecule has 0 aliphatic heterocycles. The molecule has 2 atom stereocenters. The third-order valence-electron chi connectivity index (χ3n) is 3.12. The molecule has 0 amide bonds. The van der Waals surface area contributed by atoms with Gasteiger partial charge in [0.05, 0.1) is 24.8 Å². The number of carbonyl (C=O) groups is 1. The van der Waals surface area contributed by atoms with Gasteiger partial charge in [-0.05, 0) is 12.8 Å². The molecule has 1 aliphatic carbocycles. The van der Waals surface area contributed by atoms with E-state index in [0.717, 1.165) is 7.11 Å². The topological polar surface area (TPSA) is 92.7 Å². The lowest BCUT2D eigenvalue weighted by molar-refractivity contribution is -0.145. The van der Waals surface area contributed by atoms with Gasteiger partial charge < -0.3 is 9.84 Å². The molecule has 2 unspecified atom stereocenters. The van der Waals surface area contributed by atoms with Crippen molar-refractivity contribution in [2.75, 3.05) is 20.3 Å². The van der Waals surface area contributed by atoms with Gasteiger partial charge in [0.15, 0.2) is 0 Å². The van der Waals surface area contributed by atoms with Crippen LogP contribution in [0.4, 0.5) is 8.78 Å². The van der Waals surface area contributed by atoms with Crippen LogP contribution in [0.3, 0.4) is 0 Å². The molecule has 1 rings (SSSR count). The minimum absolute atomic E-state index is 0.222. The second kappa shape index (κ2) is 6.10. The van der Waals surface area contributed by atoms with E-state index >= 15 is 0 Å². The summed E-state index contributed by atoms with van der Waals surface area (Å²) in [5, 5.41) is 7.31. The first-order chi connectivity index (χ1) is 8.73. The highest BCUT2D eigenvalue weighted by Gasteiger charge is 2.43. The third-order valence-corrected chi connectivity index (χ3v) is 5.03. The average molecular weight is 301 g/mol. The first-order valence-corrected chi connectivity index (χ1v) is 7.33. The molecule has 0 heterocycles. The molecule has 6 nitrogen and oxygen atoms in total. The number of methoxy groups -OCH3 is 1. The molecular weight excluding hydrogens is 284 g/mol. The Morgan fingerprint density at radius 3 is 2.63 bits per heavy atom. The van der Waals surface area contributed by atoms with Crippen LogP contribution in [0.2, 0.25) is 0 Å². The first-order valence-electron chi connectivity index (χ1n) is 5.78. The fourth-order valence-corrected chi connectivity index (χ4v) is 3.87. The summed E-state index contributed by atoms with van der Waals surface area (Å²) in [4.78, 5) is 11.4. The highest BCUT2D eigenvalue weighted by Crippen LogP contribution is 2.31. The van der Waals surface area contributed by atoms with Gasteiger partial charge in [0.25, 0.3) is 5.92 Å². The lowest BCUT2D eigenvalue weighted by Crippen LogP contribution is -2.45. The number of carbonyl (C=O) groups excluding carboxylic acids is 1. The molecule has 0 spiro atoms. The third kappa shape index (κ3) is 4.08. The largest absolute Gasteiger partial charge is 0.469 e. The molecule has 0 radical (unpaired) electrons. The molecule has 112 valence electrons. The fourth-order valence-electron chi connectivity index (χ4n) is 2.09. The molecule has 19 heavy (non-hydrogen) atoms. The second-order valence-electron chi connectivity index (χ2n) is 4.48. The molecular formula is C10H17F2NO5S. The maximum Gasteiger partial charge on any atom is 0.310 e. The smallest absolute Gasteiger partial charge is 0.310 e. The van der Waals surface area contributed by atoms with E-state index in [0.29, 0.717) is 12.8 Å². The predicted octanol–water partition coefficient (Wildman–Crippen LogP) is -0.125. The van der Waals surface area contributed by atoms with E-state index in [2.05, 4.69) is 4.74 Å². The van der Waals surface area contributed by atoms with Gasteiger partial charge in [-0.15, -0.1) is 0 Å². The van der Waals surface area contributed by atoms with Crippen molar-refractivity contribution in [3.8, 4) is 0 Å². The normalized spacial score (nSPS) is 24.4. The zero-order valence-corrected chi connectivity index (χ0v) is 11.3. The van der Waals surface area contributed by atoms with Crippen LogP contribution in [0.25, 0.3) is 0 Å². The van der Waals surface area contributed by atoms with Crippen molar-refractivity contribution in [1.29, 1.82) is 0 Å². The van der Waals surface area contributed by atoms with E-state index in [1.54, 1.807) is 4.72 Å². The van der Waals surface area contributed by atoms with Crippen molar-refractivity contribution in [3.05, 3.63) is 0 Å². The summed E-state index contributed by atoms with van der Waals surface area (Å²) in [6.45, 7) is -2.63. The van der Waals surface area contributed by atoms with E-state index in [9.17, 15) is 22.0 Å². The SMILES string of the molecule is COC(=O)C1CCCC1S(=O)(=O)NCC(F)(F)CO.